The summed E-state index contributed by atoms with van der Waals surface area (Å²) in [6, 6.07) is 44.2. The highest BCUT2D eigenvalue weighted by Crippen LogP contribution is 2.51. The average molecular weight is 825 g/mol. The van der Waals surface area contributed by atoms with Gasteiger partial charge in [-0.2, -0.15) is 0 Å². The fraction of sp³-hybridized carbons (Fsp3) is 0.129. The molecular weight excluding hydrogens is 777 g/mol. The average Bonchev–Trinajstić information content (AvgIpc) is 3.70. The first-order valence-electron chi connectivity index (χ1n) is 22.5. The highest BCUT2D eigenvalue weighted by atomic mass is 32.2. The van der Waals surface area contributed by atoms with E-state index >= 15 is 0 Å². The van der Waals surface area contributed by atoms with E-state index in [1.165, 1.54) is 126 Å². The molecule has 12 rings (SSSR count). The number of allylic oxidation sites excluding steroid dienone is 11. The van der Waals surface area contributed by atoms with Crippen molar-refractivity contribution in [2.75, 3.05) is 0 Å². The highest BCUT2D eigenvalue weighted by molar-refractivity contribution is 8.00. The minimum absolute atomic E-state index is 0.332. The Bertz CT molecular complexity index is 3450. The highest BCUT2D eigenvalue weighted by Gasteiger charge is 2.33. The quantitative estimate of drug-likeness (QED) is 0.161. The van der Waals surface area contributed by atoms with Crippen molar-refractivity contribution in [3.63, 3.8) is 0 Å². The lowest BCUT2D eigenvalue weighted by atomic mass is 9.76. The number of hydrogen-bond acceptors (Lipinski definition) is 1. The summed E-state index contributed by atoms with van der Waals surface area (Å²) in [5.41, 5.74) is 21.2. The van der Waals surface area contributed by atoms with Gasteiger partial charge in [0.25, 0.3) is 0 Å². The third-order valence-corrected chi connectivity index (χ3v) is 15.8. The van der Waals surface area contributed by atoms with Crippen LogP contribution in [0, 0.1) is 13.8 Å². The molecule has 0 N–H and O–H groups in total. The number of rotatable bonds is 6. The van der Waals surface area contributed by atoms with Crippen molar-refractivity contribution in [3.05, 3.63) is 232 Å². The number of thioether (sulfide) groups is 1. The zero-order valence-electron chi connectivity index (χ0n) is 35.9. The molecule has 1 heteroatoms. The van der Waals surface area contributed by atoms with Crippen LogP contribution in [0.4, 0.5) is 0 Å². The fourth-order valence-electron chi connectivity index (χ4n) is 11.4. The summed E-state index contributed by atoms with van der Waals surface area (Å²) in [4.78, 5) is 1.39. The van der Waals surface area contributed by atoms with Crippen molar-refractivity contribution in [2.24, 2.45) is 0 Å². The SMILES string of the molecule is C=C/C=C1/CC/C(=C(/C=C)c2ccc3cc(C4=CC5c6cc(-c7ccc(-c8ccc9c%10c%11c(ccc8%10)=CC=CC%11CC=9)cc7)ccc6SC5C=C4)ccc3c2)c2c(C)ccc(C)c21. The summed E-state index contributed by atoms with van der Waals surface area (Å²) < 4.78 is 0. The van der Waals surface area contributed by atoms with E-state index in [1.807, 2.05) is 17.8 Å². The van der Waals surface area contributed by atoms with E-state index in [0.29, 0.717) is 17.1 Å². The number of fused-ring (bicyclic) bond motifs is 5. The van der Waals surface area contributed by atoms with E-state index in [-0.39, 0.29) is 0 Å². The van der Waals surface area contributed by atoms with Crippen molar-refractivity contribution >= 4 is 67.8 Å². The molecule has 7 aromatic carbocycles. The second-order valence-corrected chi connectivity index (χ2v) is 19.2. The van der Waals surface area contributed by atoms with Crippen LogP contribution >= 0.6 is 11.8 Å². The minimum Gasteiger partial charge on any atom is -0.117 e. The molecule has 0 radical (unpaired) electrons. The number of benzene rings is 7. The van der Waals surface area contributed by atoms with Crippen LogP contribution in [-0.2, 0) is 0 Å². The van der Waals surface area contributed by atoms with Crippen molar-refractivity contribution in [1.29, 1.82) is 0 Å². The van der Waals surface area contributed by atoms with Crippen LogP contribution in [0.2, 0.25) is 0 Å². The van der Waals surface area contributed by atoms with Crippen molar-refractivity contribution in [3.8, 4) is 22.3 Å². The van der Waals surface area contributed by atoms with E-state index in [0.717, 1.165) is 19.3 Å². The Morgan fingerprint density at radius 2 is 1.48 bits per heavy atom. The van der Waals surface area contributed by atoms with E-state index < -0.39 is 0 Å². The molecule has 0 nitrogen and oxygen atoms in total. The van der Waals surface area contributed by atoms with Gasteiger partial charge in [0.1, 0.15) is 0 Å². The monoisotopic (exact) mass is 824 g/mol. The van der Waals surface area contributed by atoms with E-state index in [4.69, 9.17) is 0 Å². The van der Waals surface area contributed by atoms with Gasteiger partial charge in [-0.05, 0) is 178 Å². The molecular formula is C62H48S. The molecule has 3 unspecified atom stereocenters. The molecule has 0 saturated carbocycles. The zero-order chi connectivity index (χ0) is 42.3. The summed E-state index contributed by atoms with van der Waals surface area (Å²) in [6.45, 7) is 12.8. The number of hydrogen-bond donors (Lipinski definition) is 0. The largest absolute Gasteiger partial charge is 0.117 e. The summed E-state index contributed by atoms with van der Waals surface area (Å²) in [5.74, 6) is 0.811. The first-order chi connectivity index (χ1) is 30.9. The molecule has 0 spiro atoms. The van der Waals surface area contributed by atoms with Crippen LogP contribution in [0.25, 0.3) is 78.2 Å². The van der Waals surface area contributed by atoms with Crippen molar-refractivity contribution in [1.82, 2.24) is 0 Å². The van der Waals surface area contributed by atoms with Crippen molar-refractivity contribution < 1.29 is 0 Å². The molecule has 0 aromatic heterocycles. The molecule has 0 bridgehead atoms. The van der Waals surface area contributed by atoms with Gasteiger partial charge in [-0.15, -0.1) is 11.8 Å². The van der Waals surface area contributed by atoms with Gasteiger partial charge in [0.05, 0.1) is 0 Å². The standard InChI is InChI=1S/C62H48S/c1-5-8-41-24-29-53(60-38(4)12-11-37(3)59(41)60)51(6-2)50-22-21-45-33-46(19-20-47(45)34-50)49-27-32-58-56(36-49)55-35-48(26-31-57(55)63-58)39-13-15-40(16-14-39)52-28-23-44-18-17-42-9-7-10-43-25-30-54(52)62(44)61(42)43/h5-16,18-23,25-28,30-36,42,56,58H,1-2,17,24,29H2,3-4H3/b41-8-,53-51+. The summed E-state index contributed by atoms with van der Waals surface area (Å²) >= 11 is 2.00. The van der Waals surface area contributed by atoms with Crippen LogP contribution in [-0.4, -0.2) is 5.25 Å². The predicted molar refractivity (Wildman–Crippen MR) is 273 cm³/mol. The molecule has 302 valence electrons. The predicted octanol–water partition coefficient (Wildman–Crippen LogP) is 15.2. The Labute approximate surface area is 375 Å². The Hall–Kier alpha value is -6.67. The van der Waals surface area contributed by atoms with Gasteiger partial charge in [0, 0.05) is 22.0 Å². The molecule has 0 fully saturated rings. The Morgan fingerprint density at radius 1 is 0.698 bits per heavy atom. The van der Waals surface area contributed by atoms with E-state index in [9.17, 15) is 0 Å². The smallest absolute Gasteiger partial charge is 0.0381 e. The van der Waals surface area contributed by atoms with Gasteiger partial charge in [-0.25, -0.2) is 0 Å². The van der Waals surface area contributed by atoms with Crippen LogP contribution in [0.15, 0.2) is 182 Å². The lowest BCUT2D eigenvalue weighted by molar-refractivity contribution is 0.877. The normalized spacial score (nSPS) is 20.4. The zero-order valence-corrected chi connectivity index (χ0v) is 36.7. The number of aryl methyl sites for hydroxylation is 2. The van der Waals surface area contributed by atoms with Crippen LogP contribution < -0.4 is 10.4 Å². The summed E-state index contributed by atoms with van der Waals surface area (Å²) in [6.07, 6.45) is 25.8. The lowest BCUT2D eigenvalue weighted by Gasteiger charge is -2.28. The van der Waals surface area contributed by atoms with Gasteiger partial charge in [0.15, 0.2) is 0 Å². The van der Waals surface area contributed by atoms with Crippen LogP contribution in [0.1, 0.15) is 75.6 Å². The molecule has 0 saturated heterocycles. The lowest BCUT2D eigenvalue weighted by Crippen LogP contribution is -2.22. The third kappa shape index (κ3) is 6.20. The summed E-state index contributed by atoms with van der Waals surface area (Å²) in [7, 11) is 0. The molecule has 0 amide bonds. The minimum atomic E-state index is 0.332. The van der Waals surface area contributed by atoms with Gasteiger partial charge >= 0.3 is 0 Å². The molecule has 1 heterocycles. The van der Waals surface area contributed by atoms with Gasteiger partial charge in [0.2, 0.25) is 0 Å². The van der Waals surface area contributed by atoms with E-state index in [2.05, 4.69) is 197 Å². The molecule has 5 aliphatic rings. The summed E-state index contributed by atoms with van der Waals surface area (Å²) in [5, 5.41) is 8.45. The molecule has 7 aromatic rings. The van der Waals surface area contributed by atoms with Crippen molar-refractivity contribution in [2.45, 2.75) is 55.1 Å². The molecule has 1 aliphatic heterocycles. The van der Waals surface area contributed by atoms with Gasteiger partial charge in [-0.1, -0.05) is 165 Å². The van der Waals surface area contributed by atoms with E-state index in [1.54, 1.807) is 0 Å². The first-order valence-corrected chi connectivity index (χ1v) is 23.4. The molecule has 63 heavy (non-hydrogen) atoms. The maximum Gasteiger partial charge on any atom is 0.0381 e. The van der Waals surface area contributed by atoms with Crippen LogP contribution in [0.3, 0.4) is 0 Å². The second kappa shape index (κ2) is 15.0. The van der Waals surface area contributed by atoms with Gasteiger partial charge in [-0.3, -0.25) is 0 Å². The third-order valence-electron chi connectivity index (χ3n) is 14.4. The van der Waals surface area contributed by atoms with Gasteiger partial charge < -0.3 is 0 Å². The first kappa shape index (κ1) is 38.0. The maximum absolute atomic E-state index is 4.35. The van der Waals surface area contributed by atoms with Crippen LogP contribution in [0.5, 0.6) is 0 Å². The molecule has 3 atom stereocenters. The second-order valence-electron chi connectivity index (χ2n) is 18.0. The fourth-order valence-corrected chi connectivity index (χ4v) is 12.7. The Morgan fingerprint density at radius 3 is 2.33 bits per heavy atom. The maximum atomic E-state index is 4.35. The molecule has 4 aliphatic carbocycles. The Balaban J connectivity index is 0.836. The Kier molecular flexibility index (Phi) is 9.06. The topological polar surface area (TPSA) is 0 Å².